The van der Waals surface area contributed by atoms with Gasteiger partial charge in [0.1, 0.15) is 11.4 Å². The molecule has 2 aliphatic heterocycles. The largest absolute Gasteiger partial charge is 0.487 e. The van der Waals surface area contributed by atoms with Gasteiger partial charge in [0.15, 0.2) is 5.96 Å². The van der Waals surface area contributed by atoms with E-state index in [2.05, 4.69) is 17.2 Å². The Bertz CT molecular complexity index is 1230. The van der Waals surface area contributed by atoms with E-state index < -0.39 is 5.54 Å². The van der Waals surface area contributed by atoms with Gasteiger partial charge in [-0.1, -0.05) is 31.2 Å². The van der Waals surface area contributed by atoms with Crippen LogP contribution in [0.3, 0.4) is 0 Å². The molecule has 0 fully saturated rings. The molecule has 0 bridgehead atoms. The molecule has 2 heterocycles. The van der Waals surface area contributed by atoms with Gasteiger partial charge in [0.25, 0.3) is 5.91 Å². The van der Waals surface area contributed by atoms with E-state index in [-0.39, 0.29) is 41.4 Å². The van der Waals surface area contributed by atoms with Gasteiger partial charge in [-0.25, -0.2) is 4.99 Å². The van der Waals surface area contributed by atoms with Crippen LogP contribution in [0.4, 0.5) is 0 Å². The molecular weight excluding hydrogens is 440 g/mol. The Hall–Kier alpha value is -3.35. The lowest BCUT2D eigenvalue weighted by Crippen LogP contribution is -2.51. The lowest BCUT2D eigenvalue weighted by molar-refractivity contribution is -0.131. The van der Waals surface area contributed by atoms with Gasteiger partial charge < -0.3 is 15.8 Å². The summed E-state index contributed by atoms with van der Waals surface area (Å²) in [5, 5.41) is 3.22. The number of fused-ring (bicyclic) bond motifs is 2. The van der Waals surface area contributed by atoms with Crippen LogP contribution in [0, 0.1) is 0 Å². The van der Waals surface area contributed by atoms with Crippen molar-refractivity contribution in [3.05, 3.63) is 64.7 Å². The summed E-state index contributed by atoms with van der Waals surface area (Å²) in [6, 6.07) is 13.3. The molecule has 0 spiro atoms. The first-order valence-electron chi connectivity index (χ1n) is 12.3. The molecule has 1 aliphatic carbocycles. The molecule has 2 amide bonds. The third-order valence-electron chi connectivity index (χ3n) is 7.33. The summed E-state index contributed by atoms with van der Waals surface area (Å²) in [4.78, 5) is 32.7. The Balaban J connectivity index is 1.44. The maximum atomic E-state index is 13.4. The van der Waals surface area contributed by atoms with Crippen molar-refractivity contribution < 1.29 is 14.3 Å². The van der Waals surface area contributed by atoms with Gasteiger partial charge in [-0.05, 0) is 69.4 Å². The number of rotatable bonds is 3. The standard InChI is InChI=1S/C28H34N4O3/c1-16-12-22(32-24(33)15-27(2,3)31-26(32)29)20-13-17(10-11-18(16)20)25(34)30-21-14-28(4,5)35-23-9-7-6-8-19(21)23/h6-11,13,16,21-22H,12,14-15H2,1-5H3,(H2,29,31)(H,30,34)/t16-,21-,22-/m0/s1. The summed E-state index contributed by atoms with van der Waals surface area (Å²) in [6.07, 6.45) is 1.74. The minimum absolute atomic E-state index is 0.0246. The number of ether oxygens (including phenoxy) is 1. The molecule has 35 heavy (non-hydrogen) atoms. The normalized spacial score (nSPS) is 26.3. The Labute approximate surface area is 206 Å². The second-order valence-corrected chi connectivity index (χ2v) is 11.3. The second-order valence-electron chi connectivity index (χ2n) is 11.3. The van der Waals surface area contributed by atoms with Gasteiger partial charge in [0, 0.05) is 17.5 Å². The Morgan fingerprint density at radius 2 is 1.86 bits per heavy atom. The van der Waals surface area contributed by atoms with Gasteiger partial charge in [0.2, 0.25) is 5.91 Å². The monoisotopic (exact) mass is 474 g/mol. The molecule has 0 saturated heterocycles. The van der Waals surface area contributed by atoms with Gasteiger partial charge in [-0.2, -0.15) is 0 Å². The number of guanidine groups is 1. The first kappa shape index (κ1) is 23.4. The molecular formula is C28H34N4O3. The van der Waals surface area contributed by atoms with E-state index >= 15 is 0 Å². The van der Waals surface area contributed by atoms with Gasteiger partial charge in [-0.3, -0.25) is 14.5 Å². The summed E-state index contributed by atoms with van der Waals surface area (Å²) < 4.78 is 6.11. The van der Waals surface area contributed by atoms with Crippen LogP contribution in [0.15, 0.2) is 47.5 Å². The highest BCUT2D eigenvalue weighted by atomic mass is 16.5. The average Bonchev–Trinajstić information content (AvgIpc) is 3.07. The third-order valence-corrected chi connectivity index (χ3v) is 7.33. The number of benzene rings is 2. The van der Waals surface area contributed by atoms with Crippen LogP contribution in [-0.2, 0) is 4.79 Å². The molecule has 2 aromatic carbocycles. The fourth-order valence-corrected chi connectivity index (χ4v) is 5.78. The highest BCUT2D eigenvalue weighted by Crippen LogP contribution is 2.45. The molecule has 5 rings (SSSR count). The summed E-state index contributed by atoms with van der Waals surface area (Å²) in [6.45, 7) is 10.0. The number of nitrogens with one attached hydrogen (secondary N) is 1. The van der Waals surface area contributed by atoms with Crippen molar-refractivity contribution in [3.63, 3.8) is 0 Å². The van der Waals surface area contributed by atoms with Crippen LogP contribution in [0.2, 0.25) is 0 Å². The van der Waals surface area contributed by atoms with E-state index in [4.69, 9.17) is 10.5 Å². The molecule has 3 atom stereocenters. The van der Waals surface area contributed by atoms with Crippen LogP contribution < -0.4 is 15.8 Å². The van der Waals surface area contributed by atoms with E-state index in [1.165, 1.54) is 0 Å². The number of aliphatic imine (C=N–C) groups is 1. The highest BCUT2D eigenvalue weighted by Gasteiger charge is 2.41. The summed E-state index contributed by atoms with van der Waals surface area (Å²) in [5.74, 6) is 1.15. The number of carbonyl (C=O) groups is 2. The zero-order valence-electron chi connectivity index (χ0n) is 21.1. The Morgan fingerprint density at radius 3 is 2.60 bits per heavy atom. The van der Waals surface area contributed by atoms with Crippen molar-refractivity contribution in [3.8, 4) is 5.75 Å². The van der Waals surface area contributed by atoms with Gasteiger partial charge in [0.05, 0.1) is 24.0 Å². The van der Waals surface area contributed by atoms with Gasteiger partial charge in [-0.15, -0.1) is 0 Å². The van der Waals surface area contributed by atoms with Crippen molar-refractivity contribution in [2.45, 2.75) is 83.0 Å². The highest BCUT2D eigenvalue weighted by molar-refractivity contribution is 6.00. The summed E-state index contributed by atoms with van der Waals surface area (Å²) in [5.41, 5.74) is 9.08. The van der Waals surface area contributed by atoms with E-state index in [0.29, 0.717) is 18.4 Å². The first-order chi connectivity index (χ1) is 16.4. The Morgan fingerprint density at radius 1 is 1.11 bits per heavy atom. The SMILES string of the molecule is C[C@H]1C[C@H](N2C(=O)CC(C)(C)N=C2N)c2cc(C(=O)N[C@H]3CC(C)(C)Oc4ccccc43)ccc21. The number of para-hydroxylation sites is 1. The van der Waals surface area contributed by atoms with Crippen LogP contribution in [0.5, 0.6) is 5.75 Å². The Kier molecular flexibility index (Phi) is 5.42. The second kappa shape index (κ2) is 8.11. The molecule has 184 valence electrons. The fraction of sp³-hybridized carbons (Fsp3) is 0.464. The first-order valence-corrected chi connectivity index (χ1v) is 12.3. The molecule has 3 N–H and O–H groups in total. The molecule has 0 saturated carbocycles. The molecule has 7 heteroatoms. The van der Waals surface area contributed by atoms with E-state index in [1.807, 2.05) is 70.2 Å². The zero-order chi connectivity index (χ0) is 25.1. The summed E-state index contributed by atoms with van der Waals surface area (Å²) >= 11 is 0. The molecule has 0 unspecified atom stereocenters. The van der Waals surface area contributed by atoms with Crippen LogP contribution in [0.1, 0.15) is 98.9 Å². The minimum atomic E-state index is -0.500. The quantitative estimate of drug-likeness (QED) is 0.680. The van der Waals surface area contributed by atoms with Crippen molar-refractivity contribution >= 4 is 17.8 Å². The van der Waals surface area contributed by atoms with Crippen LogP contribution in [-0.4, -0.2) is 33.8 Å². The van der Waals surface area contributed by atoms with E-state index in [0.717, 1.165) is 28.9 Å². The van der Waals surface area contributed by atoms with E-state index in [9.17, 15) is 9.59 Å². The topological polar surface area (TPSA) is 97.0 Å². The number of nitrogens with two attached hydrogens (primary N) is 1. The minimum Gasteiger partial charge on any atom is -0.487 e. The van der Waals surface area contributed by atoms with Crippen molar-refractivity contribution in [1.29, 1.82) is 0 Å². The molecule has 0 radical (unpaired) electrons. The molecule has 0 aromatic heterocycles. The van der Waals surface area contributed by atoms with Crippen molar-refractivity contribution in [2.24, 2.45) is 10.7 Å². The lowest BCUT2D eigenvalue weighted by Gasteiger charge is -2.38. The maximum absolute atomic E-state index is 13.4. The fourth-order valence-electron chi connectivity index (χ4n) is 5.78. The number of hydrogen-bond acceptors (Lipinski definition) is 5. The third kappa shape index (κ3) is 4.28. The maximum Gasteiger partial charge on any atom is 0.251 e. The average molecular weight is 475 g/mol. The predicted molar refractivity (Wildman–Crippen MR) is 135 cm³/mol. The zero-order valence-corrected chi connectivity index (χ0v) is 21.1. The van der Waals surface area contributed by atoms with Crippen molar-refractivity contribution in [1.82, 2.24) is 10.2 Å². The summed E-state index contributed by atoms with van der Waals surface area (Å²) in [7, 11) is 0. The number of carbonyl (C=O) groups excluding carboxylic acids is 2. The molecule has 3 aliphatic rings. The number of amides is 2. The molecule has 7 nitrogen and oxygen atoms in total. The van der Waals surface area contributed by atoms with Crippen LogP contribution in [0.25, 0.3) is 0 Å². The smallest absolute Gasteiger partial charge is 0.251 e. The number of nitrogens with zero attached hydrogens (tertiary/aromatic N) is 2. The van der Waals surface area contributed by atoms with Crippen molar-refractivity contribution in [2.75, 3.05) is 0 Å². The van der Waals surface area contributed by atoms with Crippen LogP contribution >= 0.6 is 0 Å². The van der Waals surface area contributed by atoms with E-state index in [1.54, 1.807) is 4.90 Å². The number of hydrogen-bond donors (Lipinski definition) is 2. The molecule has 2 aromatic rings. The lowest BCUT2D eigenvalue weighted by atomic mass is 9.89. The van der Waals surface area contributed by atoms with Gasteiger partial charge >= 0.3 is 0 Å². The predicted octanol–water partition coefficient (Wildman–Crippen LogP) is 4.59.